The smallest absolute Gasteiger partial charge is 0.230 e. The quantitative estimate of drug-likeness (QED) is 0.892. The SMILES string of the molecule is CC(C)(C(=O)NC1CCC(N)CC1)c1cccc(Cl)c1.Cl. The van der Waals surface area contributed by atoms with E-state index in [1.165, 1.54) is 0 Å². The Morgan fingerprint density at radius 3 is 2.48 bits per heavy atom. The van der Waals surface area contributed by atoms with Crippen LogP contribution in [-0.4, -0.2) is 18.0 Å². The highest BCUT2D eigenvalue weighted by Gasteiger charge is 2.32. The summed E-state index contributed by atoms with van der Waals surface area (Å²) in [7, 11) is 0. The molecular weight excluding hydrogens is 307 g/mol. The van der Waals surface area contributed by atoms with Crippen molar-refractivity contribution in [3.8, 4) is 0 Å². The van der Waals surface area contributed by atoms with Gasteiger partial charge in [-0.3, -0.25) is 4.79 Å². The standard InChI is InChI=1S/C16H23ClN2O.ClH/c1-16(2,11-4-3-5-12(17)10-11)15(20)19-14-8-6-13(18)7-9-14;/h3-5,10,13-14H,6-9,18H2,1-2H3,(H,19,20);1H. The fourth-order valence-corrected chi connectivity index (χ4v) is 2.83. The molecule has 5 heteroatoms. The number of nitrogens with one attached hydrogen (secondary N) is 1. The molecule has 0 unspecified atom stereocenters. The predicted octanol–water partition coefficient (Wildman–Crippen LogP) is 3.43. The Morgan fingerprint density at radius 2 is 1.90 bits per heavy atom. The summed E-state index contributed by atoms with van der Waals surface area (Å²) in [5.74, 6) is 0.0558. The van der Waals surface area contributed by atoms with Crippen molar-refractivity contribution < 1.29 is 4.79 Å². The topological polar surface area (TPSA) is 55.1 Å². The van der Waals surface area contributed by atoms with Gasteiger partial charge < -0.3 is 11.1 Å². The first-order chi connectivity index (χ1) is 9.39. The van der Waals surface area contributed by atoms with Crippen LogP contribution in [0, 0.1) is 0 Å². The summed E-state index contributed by atoms with van der Waals surface area (Å²) in [6.07, 6.45) is 3.92. The number of hydrogen-bond donors (Lipinski definition) is 2. The summed E-state index contributed by atoms with van der Waals surface area (Å²) in [4.78, 5) is 12.5. The van der Waals surface area contributed by atoms with Crippen molar-refractivity contribution in [3.63, 3.8) is 0 Å². The minimum Gasteiger partial charge on any atom is -0.353 e. The van der Waals surface area contributed by atoms with Gasteiger partial charge in [-0.2, -0.15) is 0 Å². The lowest BCUT2D eigenvalue weighted by Crippen LogP contribution is -2.47. The maximum Gasteiger partial charge on any atom is 0.230 e. The second-order valence-corrected chi connectivity index (χ2v) is 6.66. The highest BCUT2D eigenvalue weighted by atomic mass is 35.5. The fourth-order valence-electron chi connectivity index (χ4n) is 2.64. The molecule has 0 heterocycles. The van der Waals surface area contributed by atoms with Gasteiger partial charge >= 0.3 is 0 Å². The van der Waals surface area contributed by atoms with E-state index in [9.17, 15) is 4.79 Å². The van der Waals surface area contributed by atoms with E-state index in [-0.39, 0.29) is 24.4 Å². The Hall–Kier alpha value is -0.770. The maximum absolute atomic E-state index is 12.5. The highest BCUT2D eigenvalue weighted by Crippen LogP contribution is 2.27. The lowest BCUT2D eigenvalue weighted by molar-refractivity contribution is -0.126. The van der Waals surface area contributed by atoms with Gasteiger partial charge in [0.1, 0.15) is 0 Å². The molecule has 1 aromatic rings. The molecular formula is C16H24Cl2N2O. The van der Waals surface area contributed by atoms with E-state index in [1.807, 2.05) is 38.1 Å². The molecule has 1 saturated carbocycles. The van der Waals surface area contributed by atoms with Gasteiger partial charge in [0.2, 0.25) is 5.91 Å². The van der Waals surface area contributed by atoms with Crippen molar-refractivity contribution in [2.75, 3.05) is 0 Å². The van der Waals surface area contributed by atoms with Crippen molar-refractivity contribution in [1.29, 1.82) is 0 Å². The Bertz CT molecular complexity index is 483. The van der Waals surface area contributed by atoms with Crippen molar-refractivity contribution in [3.05, 3.63) is 34.9 Å². The van der Waals surface area contributed by atoms with Gasteiger partial charge in [-0.25, -0.2) is 0 Å². The van der Waals surface area contributed by atoms with Crippen LogP contribution < -0.4 is 11.1 Å². The molecule has 1 aliphatic rings. The minimum atomic E-state index is -0.579. The lowest BCUT2D eigenvalue weighted by atomic mass is 9.82. The van der Waals surface area contributed by atoms with Crippen LogP contribution in [0.3, 0.4) is 0 Å². The van der Waals surface area contributed by atoms with Crippen molar-refractivity contribution >= 4 is 29.9 Å². The number of nitrogens with two attached hydrogens (primary N) is 1. The third-order valence-electron chi connectivity index (χ3n) is 4.22. The maximum atomic E-state index is 12.5. The van der Waals surface area contributed by atoms with Gasteiger partial charge in [0, 0.05) is 17.1 Å². The normalized spacial score (nSPS) is 22.3. The van der Waals surface area contributed by atoms with E-state index < -0.39 is 5.41 Å². The van der Waals surface area contributed by atoms with Crippen LogP contribution in [0.5, 0.6) is 0 Å². The summed E-state index contributed by atoms with van der Waals surface area (Å²) in [6, 6.07) is 8.05. The number of rotatable bonds is 3. The van der Waals surface area contributed by atoms with Crippen LogP contribution in [0.1, 0.15) is 45.1 Å². The van der Waals surface area contributed by atoms with Crippen molar-refractivity contribution in [2.45, 2.75) is 57.0 Å². The number of carbonyl (C=O) groups is 1. The molecule has 0 aliphatic heterocycles. The molecule has 1 fully saturated rings. The summed E-state index contributed by atoms with van der Waals surface area (Å²) < 4.78 is 0. The highest BCUT2D eigenvalue weighted by molar-refractivity contribution is 6.30. The van der Waals surface area contributed by atoms with Crippen LogP contribution >= 0.6 is 24.0 Å². The largest absolute Gasteiger partial charge is 0.353 e. The first-order valence-corrected chi connectivity index (χ1v) is 7.60. The molecule has 0 bridgehead atoms. The lowest BCUT2D eigenvalue weighted by Gasteiger charge is -2.31. The fraction of sp³-hybridized carbons (Fsp3) is 0.562. The van der Waals surface area contributed by atoms with Crippen molar-refractivity contribution in [1.82, 2.24) is 5.32 Å². The molecule has 0 saturated heterocycles. The first kappa shape index (κ1) is 18.3. The Morgan fingerprint density at radius 1 is 1.29 bits per heavy atom. The molecule has 3 N–H and O–H groups in total. The van der Waals surface area contributed by atoms with Gasteiger partial charge in [0.25, 0.3) is 0 Å². The molecule has 0 aromatic heterocycles. The molecule has 0 spiro atoms. The Labute approximate surface area is 138 Å². The van der Waals surface area contributed by atoms with Gasteiger partial charge in [-0.15, -0.1) is 12.4 Å². The van der Waals surface area contributed by atoms with Gasteiger partial charge in [-0.05, 0) is 57.2 Å². The molecule has 1 amide bonds. The van der Waals surface area contributed by atoms with Gasteiger partial charge in [-0.1, -0.05) is 23.7 Å². The Kier molecular flexibility index (Phi) is 6.51. The van der Waals surface area contributed by atoms with Crippen LogP contribution in [0.2, 0.25) is 5.02 Å². The van der Waals surface area contributed by atoms with E-state index in [4.69, 9.17) is 17.3 Å². The minimum absolute atomic E-state index is 0. The summed E-state index contributed by atoms with van der Waals surface area (Å²) in [5.41, 5.74) is 6.25. The monoisotopic (exact) mass is 330 g/mol. The molecule has 0 radical (unpaired) electrons. The first-order valence-electron chi connectivity index (χ1n) is 7.22. The second kappa shape index (κ2) is 7.48. The van der Waals surface area contributed by atoms with Crippen LogP contribution in [0.15, 0.2) is 24.3 Å². The van der Waals surface area contributed by atoms with E-state index in [0.29, 0.717) is 11.1 Å². The molecule has 0 atom stereocenters. The molecule has 2 rings (SSSR count). The van der Waals surface area contributed by atoms with Crippen LogP contribution in [-0.2, 0) is 10.2 Å². The third kappa shape index (κ3) is 4.60. The molecule has 3 nitrogen and oxygen atoms in total. The number of hydrogen-bond acceptors (Lipinski definition) is 2. The molecule has 1 aromatic carbocycles. The summed E-state index contributed by atoms with van der Waals surface area (Å²) in [5, 5.41) is 3.82. The third-order valence-corrected chi connectivity index (χ3v) is 4.46. The number of carbonyl (C=O) groups excluding carboxylic acids is 1. The molecule has 21 heavy (non-hydrogen) atoms. The number of amides is 1. The summed E-state index contributed by atoms with van der Waals surface area (Å²) in [6.45, 7) is 3.87. The summed E-state index contributed by atoms with van der Waals surface area (Å²) >= 11 is 6.02. The zero-order valence-electron chi connectivity index (χ0n) is 12.6. The zero-order chi connectivity index (χ0) is 14.8. The number of halogens is 2. The number of benzene rings is 1. The van der Waals surface area contributed by atoms with Crippen molar-refractivity contribution in [2.24, 2.45) is 5.73 Å². The Balaban J connectivity index is 0.00000220. The van der Waals surface area contributed by atoms with Crippen LogP contribution in [0.4, 0.5) is 0 Å². The van der Waals surface area contributed by atoms with E-state index in [0.717, 1.165) is 31.2 Å². The zero-order valence-corrected chi connectivity index (χ0v) is 14.1. The average Bonchev–Trinajstić information content (AvgIpc) is 2.41. The van der Waals surface area contributed by atoms with E-state index >= 15 is 0 Å². The molecule has 118 valence electrons. The predicted molar refractivity (Wildman–Crippen MR) is 90.1 cm³/mol. The van der Waals surface area contributed by atoms with E-state index in [2.05, 4.69) is 5.32 Å². The molecule has 1 aliphatic carbocycles. The average molecular weight is 331 g/mol. The second-order valence-electron chi connectivity index (χ2n) is 6.22. The van der Waals surface area contributed by atoms with E-state index in [1.54, 1.807) is 0 Å². The van der Waals surface area contributed by atoms with Gasteiger partial charge in [0.15, 0.2) is 0 Å². The van der Waals surface area contributed by atoms with Gasteiger partial charge in [0.05, 0.1) is 5.41 Å². The van der Waals surface area contributed by atoms with Crippen LogP contribution in [0.25, 0.3) is 0 Å².